The highest BCUT2D eigenvalue weighted by Gasteiger charge is 2.23. The molecule has 1 aromatic rings. The maximum absolute atomic E-state index is 10.1. The molecule has 0 unspecified atom stereocenters. The first kappa shape index (κ1) is 16.7. The molecule has 21 heavy (non-hydrogen) atoms. The van der Waals surface area contributed by atoms with Crippen molar-refractivity contribution in [3.8, 4) is 0 Å². The van der Waals surface area contributed by atoms with Gasteiger partial charge in [0.2, 0.25) is 0 Å². The summed E-state index contributed by atoms with van der Waals surface area (Å²) in [6.07, 6.45) is -0.0401. The average Bonchev–Trinajstić information content (AvgIpc) is 2.39. The van der Waals surface area contributed by atoms with Crippen LogP contribution in [-0.2, 0) is 16.1 Å². The Hall–Kier alpha value is -0.650. The van der Waals surface area contributed by atoms with Gasteiger partial charge in [-0.1, -0.05) is 23.7 Å². The lowest BCUT2D eigenvalue weighted by molar-refractivity contribution is -0.0826. The van der Waals surface area contributed by atoms with Crippen LogP contribution in [0.15, 0.2) is 24.3 Å². The van der Waals surface area contributed by atoms with E-state index >= 15 is 0 Å². The van der Waals surface area contributed by atoms with Crippen molar-refractivity contribution in [1.82, 2.24) is 4.90 Å². The monoisotopic (exact) mass is 313 g/mol. The van der Waals surface area contributed by atoms with Gasteiger partial charge in [0.1, 0.15) is 0 Å². The lowest BCUT2D eigenvalue weighted by atomic mass is 10.2. The molecule has 1 N–H and O–H groups in total. The zero-order valence-electron chi connectivity index (χ0n) is 12.7. The molecule has 4 nitrogen and oxygen atoms in total. The molecule has 1 heterocycles. The lowest BCUT2D eigenvalue weighted by Gasteiger charge is -2.36. The number of hydrogen-bond donors (Lipinski definition) is 1. The number of aliphatic hydroxyl groups is 1. The lowest BCUT2D eigenvalue weighted by Crippen LogP contribution is -2.48. The Morgan fingerprint density at radius 1 is 1.29 bits per heavy atom. The second-order valence-corrected chi connectivity index (χ2v) is 6.21. The minimum absolute atomic E-state index is 0.218. The Balaban J connectivity index is 1.67. The van der Waals surface area contributed by atoms with Gasteiger partial charge in [-0.25, -0.2) is 0 Å². The molecular weight excluding hydrogens is 290 g/mol. The summed E-state index contributed by atoms with van der Waals surface area (Å²) < 4.78 is 11.2. The molecule has 1 aliphatic heterocycles. The van der Waals surface area contributed by atoms with E-state index < -0.39 is 6.10 Å². The minimum Gasteiger partial charge on any atom is -0.389 e. The highest BCUT2D eigenvalue weighted by Crippen LogP contribution is 2.12. The fourth-order valence-electron chi connectivity index (χ4n) is 2.68. The van der Waals surface area contributed by atoms with Crippen LogP contribution in [0, 0.1) is 0 Å². The number of halogens is 1. The van der Waals surface area contributed by atoms with Crippen LogP contribution in [0.3, 0.4) is 0 Å². The van der Waals surface area contributed by atoms with Gasteiger partial charge in [0.15, 0.2) is 0 Å². The number of ether oxygens (including phenoxy) is 2. The first-order valence-electron chi connectivity index (χ1n) is 7.41. The SMILES string of the molecule is C[C@H]1CN(C[C@H](O)COCc2ccc(Cl)cc2)C[C@H](C)O1. The van der Waals surface area contributed by atoms with E-state index in [1.165, 1.54) is 0 Å². The van der Waals surface area contributed by atoms with Crippen LogP contribution >= 0.6 is 11.6 Å². The molecule has 0 aromatic heterocycles. The van der Waals surface area contributed by atoms with Crippen LogP contribution in [-0.4, -0.2) is 54.6 Å². The van der Waals surface area contributed by atoms with Crippen molar-refractivity contribution in [1.29, 1.82) is 0 Å². The summed E-state index contributed by atoms with van der Waals surface area (Å²) in [5.74, 6) is 0. The highest BCUT2D eigenvalue weighted by atomic mass is 35.5. The summed E-state index contributed by atoms with van der Waals surface area (Å²) >= 11 is 5.83. The van der Waals surface area contributed by atoms with Crippen molar-refractivity contribution in [2.75, 3.05) is 26.2 Å². The fraction of sp³-hybridized carbons (Fsp3) is 0.625. The Bertz CT molecular complexity index is 416. The predicted octanol–water partition coefficient (Wildman–Crippen LogP) is 2.33. The molecular formula is C16H24ClNO3. The molecule has 3 atom stereocenters. The fourth-order valence-corrected chi connectivity index (χ4v) is 2.80. The van der Waals surface area contributed by atoms with E-state index in [1.807, 2.05) is 24.3 Å². The Kier molecular flexibility index (Phi) is 6.45. The van der Waals surface area contributed by atoms with Gasteiger partial charge >= 0.3 is 0 Å². The van der Waals surface area contributed by atoms with Crippen molar-refractivity contribution in [3.63, 3.8) is 0 Å². The molecule has 0 bridgehead atoms. The zero-order chi connectivity index (χ0) is 15.2. The van der Waals surface area contributed by atoms with E-state index in [-0.39, 0.29) is 12.2 Å². The first-order valence-corrected chi connectivity index (χ1v) is 7.79. The predicted molar refractivity (Wildman–Crippen MR) is 83.6 cm³/mol. The summed E-state index contributed by atoms with van der Waals surface area (Å²) in [4.78, 5) is 2.23. The van der Waals surface area contributed by atoms with Gasteiger partial charge in [-0.2, -0.15) is 0 Å². The van der Waals surface area contributed by atoms with Crippen LogP contribution in [0.1, 0.15) is 19.4 Å². The number of rotatable bonds is 6. The van der Waals surface area contributed by atoms with E-state index in [9.17, 15) is 5.11 Å². The summed E-state index contributed by atoms with van der Waals surface area (Å²) in [6, 6.07) is 7.54. The van der Waals surface area contributed by atoms with E-state index in [0.29, 0.717) is 24.8 Å². The topological polar surface area (TPSA) is 41.9 Å². The molecule has 1 saturated heterocycles. The van der Waals surface area contributed by atoms with E-state index in [2.05, 4.69) is 18.7 Å². The van der Waals surface area contributed by atoms with Gasteiger partial charge in [0.25, 0.3) is 0 Å². The number of hydrogen-bond acceptors (Lipinski definition) is 4. The van der Waals surface area contributed by atoms with Gasteiger partial charge in [-0.3, -0.25) is 4.90 Å². The third kappa shape index (κ3) is 5.93. The third-order valence-electron chi connectivity index (χ3n) is 3.46. The molecule has 5 heteroatoms. The van der Waals surface area contributed by atoms with E-state index in [1.54, 1.807) is 0 Å². The van der Waals surface area contributed by atoms with Crippen molar-refractivity contribution in [3.05, 3.63) is 34.9 Å². The summed E-state index contributed by atoms with van der Waals surface area (Å²) in [5, 5.41) is 10.8. The van der Waals surface area contributed by atoms with Crippen molar-refractivity contribution in [2.24, 2.45) is 0 Å². The molecule has 0 radical (unpaired) electrons. The van der Waals surface area contributed by atoms with Crippen molar-refractivity contribution < 1.29 is 14.6 Å². The van der Waals surface area contributed by atoms with E-state index in [0.717, 1.165) is 18.7 Å². The number of aliphatic hydroxyl groups excluding tert-OH is 1. The standard InChI is InChI=1S/C16H24ClNO3/c1-12-7-18(8-13(2)21-12)9-16(19)11-20-10-14-3-5-15(17)6-4-14/h3-6,12-13,16,19H,7-11H2,1-2H3/t12-,13-,16-/m0/s1. The largest absolute Gasteiger partial charge is 0.389 e. The molecule has 1 aromatic carbocycles. The van der Waals surface area contributed by atoms with Crippen LogP contribution in [0.2, 0.25) is 5.02 Å². The smallest absolute Gasteiger partial charge is 0.0900 e. The summed E-state index contributed by atoms with van der Waals surface area (Å²) in [7, 11) is 0. The Labute approximate surface area is 131 Å². The second kappa shape index (κ2) is 8.11. The van der Waals surface area contributed by atoms with Gasteiger partial charge in [0.05, 0.1) is 31.5 Å². The summed E-state index contributed by atoms with van der Waals surface area (Å²) in [6.45, 7) is 7.29. The van der Waals surface area contributed by atoms with Crippen LogP contribution in [0.25, 0.3) is 0 Å². The highest BCUT2D eigenvalue weighted by molar-refractivity contribution is 6.30. The Morgan fingerprint density at radius 2 is 1.90 bits per heavy atom. The van der Waals surface area contributed by atoms with Crippen LogP contribution in [0.4, 0.5) is 0 Å². The normalized spacial score (nSPS) is 25.0. The molecule has 1 aliphatic rings. The molecule has 2 rings (SSSR count). The van der Waals surface area contributed by atoms with Gasteiger partial charge in [0, 0.05) is 24.7 Å². The molecule has 0 saturated carbocycles. The van der Waals surface area contributed by atoms with E-state index in [4.69, 9.17) is 21.1 Å². The molecule has 0 spiro atoms. The van der Waals surface area contributed by atoms with Gasteiger partial charge < -0.3 is 14.6 Å². The molecule has 0 aliphatic carbocycles. The maximum atomic E-state index is 10.1. The molecule has 0 amide bonds. The van der Waals surface area contributed by atoms with Gasteiger partial charge in [-0.15, -0.1) is 0 Å². The zero-order valence-corrected chi connectivity index (χ0v) is 13.4. The number of nitrogens with zero attached hydrogens (tertiary/aromatic N) is 1. The minimum atomic E-state index is -0.477. The molecule has 1 fully saturated rings. The quantitative estimate of drug-likeness (QED) is 0.875. The molecule has 118 valence electrons. The first-order chi connectivity index (χ1) is 10.0. The number of morpholine rings is 1. The number of benzene rings is 1. The number of β-amino-alcohol motifs (C(OH)–C–C–N with tert-alkyl or cyclic N) is 1. The second-order valence-electron chi connectivity index (χ2n) is 5.77. The van der Waals surface area contributed by atoms with Gasteiger partial charge in [-0.05, 0) is 31.5 Å². The average molecular weight is 314 g/mol. The van der Waals surface area contributed by atoms with Crippen molar-refractivity contribution in [2.45, 2.75) is 38.8 Å². The van der Waals surface area contributed by atoms with Crippen molar-refractivity contribution >= 4 is 11.6 Å². The van der Waals surface area contributed by atoms with Crippen LogP contribution in [0.5, 0.6) is 0 Å². The Morgan fingerprint density at radius 3 is 2.52 bits per heavy atom. The third-order valence-corrected chi connectivity index (χ3v) is 3.71. The maximum Gasteiger partial charge on any atom is 0.0900 e. The summed E-state index contributed by atoms with van der Waals surface area (Å²) in [5.41, 5.74) is 1.06. The van der Waals surface area contributed by atoms with Crippen LogP contribution < -0.4 is 0 Å².